The van der Waals surface area contributed by atoms with Crippen molar-refractivity contribution in [3.8, 4) is 11.1 Å². The number of amides is 2. The number of carboxylic acid groups (broad SMARTS) is 1. The summed E-state index contributed by atoms with van der Waals surface area (Å²) in [6.45, 7) is 4.40. The van der Waals surface area contributed by atoms with Crippen molar-refractivity contribution in [1.82, 2.24) is 16.0 Å². The summed E-state index contributed by atoms with van der Waals surface area (Å²) < 4.78 is 11.1. The number of nitrogens with one attached hydrogen (secondary N) is 3. The molecule has 2 aromatic rings. The number of aliphatic hydroxyl groups is 1. The fourth-order valence-corrected chi connectivity index (χ4v) is 6.63. The molecule has 2 amide bonds. The Bertz CT molecular complexity index is 1250. The van der Waals surface area contributed by atoms with Crippen LogP contribution in [0.25, 0.3) is 11.1 Å². The molecule has 3 aliphatic carbocycles. The number of ether oxygens (including phenoxy) is 2. The number of benzene rings is 2. The van der Waals surface area contributed by atoms with Crippen molar-refractivity contribution in [3.05, 3.63) is 59.7 Å². The van der Waals surface area contributed by atoms with Crippen LogP contribution >= 0.6 is 0 Å². The molecule has 2 aromatic carbocycles. The number of alkyl carbamates (subject to hydrolysis) is 1. The van der Waals surface area contributed by atoms with Crippen molar-refractivity contribution in [1.29, 1.82) is 0 Å². The summed E-state index contributed by atoms with van der Waals surface area (Å²) in [5.74, 6) is -2.35. The minimum Gasteiger partial charge on any atom is -0.480 e. The highest BCUT2D eigenvalue weighted by Crippen LogP contribution is 2.44. The van der Waals surface area contributed by atoms with Crippen molar-refractivity contribution in [3.63, 3.8) is 0 Å². The van der Waals surface area contributed by atoms with Gasteiger partial charge in [-0.3, -0.25) is 4.79 Å². The van der Waals surface area contributed by atoms with E-state index in [0.717, 1.165) is 34.3 Å². The van der Waals surface area contributed by atoms with E-state index in [4.69, 9.17) is 14.6 Å². The lowest BCUT2D eigenvalue weighted by Crippen LogP contribution is -2.55. The number of hydrogen-bond donors (Lipinski definition) is 5. The van der Waals surface area contributed by atoms with Gasteiger partial charge < -0.3 is 35.6 Å². The largest absolute Gasteiger partial charge is 0.480 e. The van der Waals surface area contributed by atoms with Gasteiger partial charge in [-0.1, -0.05) is 87.1 Å². The van der Waals surface area contributed by atoms with Gasteiger partial charge in [-0.25, -0.2) is 9.59 Å². The summed E-state index contributed by atoms with van der Waals surface area (Å²) in [5, 5.41) is 26.8. The Kier molecular flexibility index (Phi) is 13.6. The lowest BCUT2D eigenvalue weighted by atomic mass is 9.91. The van der Waals surface area contributed by atoms with Crippen molar-refractivity contribution in [2.75, 3.05) is 19.8 Å². The molecule has 10 nitrogen and oxygen atoms in total. The van der Waals surface area contributed by atoms with Crippen LogP contribution in [0, 0.1) is 0 Å². The van der Waals surface area contributed by atoms with Crippen LogP contribution in [-0.2, 0) is 19.1 Å². The normalized spacial score (nSPS) is 18.1. The van der Waals surface area contributed by atoms with E-state index in [1.54, 1.807) is 20.8 Å². The number of carbonyl (C=O) groups excluding carboxylic acids is 2. The Balaban J connectivity index is 0.000000318. The zero-order chi connectivity index (χ0) is 33.8. The highest BCUT2D eigenvalue weighted by atomic mass is 16.5. The maximum Gasteiger partial charge on any atom is 0.407 e. The molecule has 0 radical (unpaired) electrons. The summed E-state index contributed by atoms with van der Waals surface area (Å²) in [7, 11) is 0. The number of hydrogen-bond acceptors (Lipinski definition) is 7. The van der Waals surface area contributed by atoms with E-state index in [9.17, 15) is 19.5 Å². The number of carbonyl (C=O) groups is 3. The molecule has 47 heavy (non-hydrogen) atoms. The molecule has 10 heteroatoms. The molecule has 2 fully saturated rings. The molecule has 0 heterocycles. The second kappa shape index (κ2) is 17.6. The van der Waals surface area contributed by atoms with E-state index in [1.165, 1.54) is 64.2 Å². The van der Waals surface area contributed by atoms with Crippen LogP contribution in [0.5, 0.6) is 0 Å². The van der Waals surface area contributed by atoms with Gasteiger partial charge in [0.05, 0.1) is 18.8 Å². The molecule has 2 saturated carbocycles. The number of aliphatic hydroxyl groups excluding tert-OH is 1. The van der Waals surface area contributed by atoms with E-state index in [2.05, 4.69) is 16.0 Å². The zero-order valence-corrected chi connectivity index (χ0v) is 28.1. The first-order valence-corrected chi connectivity index (χ1v) is 17.2. The Morgan fingerprint density at radius 1 is 0.787 bits per heavy atom. The van der Waals surface area contributed by atoms with Crippen LogP contribution in [0.4, 0.5) is 4.79 Å². The van der Waals surface area contributed by atoms with Gasteiger partial charge in [0.2, 0.25) is 5.91 Å². The van der Waals surface area contributed by atoms with Crippen LogP contribution < -0.4 is 16.0 Å². The molecule has 2 atom stereocenters. The molecular weight excluding hydrogens is 598 g/mol. The quantitative estimate of drug-likeness (QED) is 0.214. The van der Waals surface area contributed by atoms with Gasteiger partial charge in [0.25, 0.3) is 0 Å². The lowest BCUT2D eigenvalue weighted by Gasteiger charge is -2.30. The second-order valence-corrected chi connectivity index (χ2v) is 13.9. The van der Waals surface area contributed by atoms with Gasteiger partial charge >= 0.3 is 12.1 Å². The molecule has 258 valence electrons. The SMILES string of the molecule is C1CCC(NC2CCCCC2)CC1.CC(C)(C)OCC(NC(=O)OCC1c2ccccc2-c2ccccc21)C(=O)NC(CO)C(=O)O. The van der Waals surface area contributed by atoms with Gasteiger partial charge in [-0.2, -0.15) is 0 Å². The maximum atomic E-state index is 12.6. The van der Waals surface area contributed by atoms with Crippen molar-refractivity contribution in [2.45, 2.75) is 121 Å². The van der Waals surface area contributed by atoms with Gasteiger partial charge in [0, 0.05) is 18.0 Å². The minimum absolute atomic E-state index is 0.0583. The van der Waals surface area contributed by atoms with Crippen molar-refractivity contribution < 1.29 is 34.1 Å². The molecule has 2 unspecified atom stereocenters. The van der Waals surface area contributed by atoms with Crippen LogP contribution in [0.1, 0.15) is 102 Å². The monoisotopic (exact) mass is 651 g/mol. The van der Waals surface area contributed by atoms with Crippen molar-refractivity contribution >= 4 is 18.0 Å². The maximum absolute atomic E-state index is 12.6. The van der Waals surface area contributed by atoms with Crippen LogP contribution in [-0.4, -0.2) is 77.8 Å². The molecule has 5 N–H and O–H groups in total. The Hall–Kier alpha value is -3.47. The van der Waals surface area contributed by atoms with Crippen LogP contribution in [0.2, 0.25) is 0 Å². The topological polar surface area (TPSA) is 146 Å². The molecule has 0 aromatic heterocycles. The lowest BCUT2D eigenvalue weighted by molar-refractivity contribution is -0.143. The summed E-state index contributed by atoms with van der Waals surface area (Å²) >= 11 is 0. The summed E-state index contributed by atoms with van der Waals surface area (Å²) in [5.41, 5.74) is 3.67. The fraction of sp³-hybridized carbons (Fsp3) is 0.595. The summed E-state index contributed by atoms with van der Waals surface area (Å²) in [6.07, 6.45) is 13.7. The molecule has 0 aliphatic heterocycles. The third-order valence-electron chi connectivity index (χ3n) is 9.11. The first kappa shape index (κ1) is 36.4. The number of rotatable bonds is 11. The highest BCUT2D eigenvalue weighted by Gasteiger charge is 2.31. The third-order valence-corrected chi connectivity index (χ3v) is 9.11. The van der Waals surface area contributed by atoms with E-state index in [1.807, 2.05) is 48.5 Å². The molecule has 5 rings (SSSR count). The molecule has 0 saturated heterocycles. The standard InChI is InChI=1S/C25H30N2O7.C12H23N/c1-25(2,3)34-14-21(22(29)26-20(12-28)23(30)31)27-24(32)33-13-19-17-10-6-4-8-15(17)16-9-5-7-11-18(16)19;1-3-7-11(8-4-1)13-12-9-5-2-6-10-12/h4-11,19-21,28H,12-14H2,1-3H3,(H,26,29)(H,27,32)(H,30,31);11-13H,1-10H2. The fourth-order valence-electron chi connectivity index (χ4n) is 6.63. The zero-order valence-electron chi connectivity index (χ0n) is 28.1. The summed E-state index contributed by atoms with van der Waals surface area (Å²) in [4.78, 5) is 36.4. The minimum atomic E-state index is -1.51. The molecule has 0 bridgehead atoms. The number of fused-ring (bicyclic) bond motifs is 3. The first-order chi connectivity index (χ1) is 22.6. The molecular formula is C37H53N3O7. The average Bonchev–Trinajstić information content (AvgIpc) is 3.38. The average molecular weight is 652 g/mol. The Labute approximate surface area is 279 Å². The smallest absolute Gasteiger partial charge is 0.407 e. The molecule has 0 spiro atoms. The van der Waals surface area contributed by atoms with E-state index < -0.39 is 42.3 Å². The predicted octanol–water partition coefficient (Wildman–Crippen LogP) is 5.51. The van der Waals surface area contributed by atoms with Crippen LogP contribution in [0.3, 0.4) is 0 Å². The second-order valence-electron chi connectivity index (χ2n) is 13.9. The van der Waals surface area contributed by atoms with Crippen molar-refractivity contribution in [2.24, 2.45) is 0 Å². The highest BCUT2D eigenvalue weighted by molar-refractivity contribution is 5.89. The third kappa shape index (κ3) is 11.0. The van der Waals surface area contributed by atoms with Crippen LogP contribution in [0.15, 0.2) is 48.5 Å². The Morgan fingerprint density at radius 2 is 1.30 bits per heavy atom. The van der Waals surface area contributed by atoms with E-state index in [0.29, 0.717) is 0 Å². The van der Waals surface area contributed by atoms with Gasteiger partial charge in [0.1, 0.15) is 18.7 Å². The van der Waals surface area contributed by atoms with E-state index in [-0.39, 0.29) is 19.1 Å². The summed E-state index contributed by atoms with van der Waals surface area (Å²) in [6, 6.07) is 14.8. The van der Waals surface area contributed by atoms with E-state index >= 15 is 0 Å². The molecule has 3 aliphatic rings. The van der Waals surface area contributed by atoms with Gasteiger partial charge in [-0.05, 0) is 68.7 Å². The number of carboxylic acids is 1. The van der Waals surface area contributed by atoms with Gasteiger partial charge in [0.15, 0.2) is 0 Å². The van der Waals surface area contributed by atoms with Gasteiger partial charge in [-0.15, -0.1) is 0 Å². The Morgan fingerprint density at radius 3 is 1.77 bits per heavy atom. The predicted molar refractivity (Wildman–Crippen MR) is 181 cm³/mol. The number of aliphatic carboxylic acids is 1. The first-order valence-electron chi connectivity index (χ1n) is 17.2.